The third kappa shape index (κ3) is 4.22. The predicted octanol–water partition coefficient (Wildman–Crippen LogP) is 3.46. The average molecular weight is 367 g/mol. The third-order valence-corrected chi connectivity index (χ3v) is 7.92. The van der Waals surface area contributed by atoms with E-state index in [9.17, 15) is 17.6 Å². The summed E-state index contributed by atoms with van der Waals surface area (Å²) in [6.07, 6.45) is 6.98. The van der Waals surface area contributed by atoms with Crippen molar-refractivity contribution in [3.63, 3.8) is 0 Å². The predicted molar refractivity (Wildman–Crippen MR) is 95.3 cm³/mol. The first-order chi connectivity index (χ1) is 11.9. The third-order valence-electron chi connectivity index (χ3n) is 5.66. The number of carbonyl (C=O) groups is 1. The van der Waals surface area contributed by atoms with Crippen molar-refractivity contribution in [2.45, 2.75) is 68.6 Å². The van der Waals surface area contributed by atoms with E-state index >= 15 is 0 Å². The molecule has 0 aliphatic heterocycles. The molecule has 0 aromatic heterocycles. The van der Waals surface area contributed by atoms with Crippen LogP contribution in [0.5, 0.6) is 0 Å². The molecule has 0 atom stereocenters. The molecule has 1 amide bonds. The Bertz CT molecular complexity index is 703. The number of halogens is 1. The molecular weight excluding hydrogens is 341 g/mol. The first-order valence-corrected chi connectivity index (χ1v) is 10.9. The fourth-order valence-electron chi connectivity index (χ4n) is 4.21. The van der Waals surface area contributed by atoms with Gasteiger partial charge in [0, 0.05) is 6.42 Å². The highest BCUT2D eigenvalue weighted by atomic mass is 32.2. The summed E-state index contributed by atoms with van der Waals surface area (Å²) in [5, 5.41) is 2.80. The van der Waals surface area contributed by atoms with Crippen LogP contribution < -0.4 is 5.32 Å². The number of carbonyl (C=O) groups excluding carboxylic acids is 1. The number of nitrogens with one attached hydrogen (secondary N) is 1. The molecule has 6 heteroatoms. The molecule has 138 valence electrons. The van der Waals surface area contributed by atoms with Gasteiger partial charge in [-0.15, -0.1) is 0 Å². The van der Waals surface area contributed by atoms with Crippen LogP contribution in [0.25, 0.3) is 0 Å². The molecule has 2 aliphatic rings. The Kier molecular flexibility index (Phi) is 5.46. The van der Waals surface area contributed by atoms with Crippen LogP contribution in [0.1, 0.15) is 63.4 Å². The first-order valence-electron chi connectivity index (χ1n) is 9.20. The van der Waals surface area contributed by atoms with Crippen LogP contribution in [-0.2, 0) is 20.2 Å². The van der Waals surface area contributed by atoms with Crippen molar-refractivity contribution < 1.29 is 17.6 Å². The maximum atomic E-state index is 13.2. The van der Waals surface area contributed by atoms with E-state index in [2.05, 4.69) is 5.32 Å². The minimum atomic E-state index is -3.19. The lowest BCUT2D eigenvalue weighted by molar-refractivity contribution is -0.122. The largest absolute Gasteiger partial charge is 0.347 e. The Morgan fingerprint density at radius 2 is 1.68 bits per heavy atom. The zero-order chi connectivity index (χ0) is 17.9. The molecule has 2 saturated carbocycles. The lowest BCUT2D eigenvalue weighted by Crippen LogP contribution is -2.44. The highest BCUT2D eigenvalue weighted by Crippen LogP contribution is 2.39. The highest BCUT2D eigenvalue weighted by Gasteiger charge is 2.37. The zero-order valence-corrected chi connectivity index (χ0v) is 15.3. The maximum Gasteiger partial charge on any atom is 0.221 e. The summed E-state index contributed by atoms with van der Waals surface area (Å²) >= 11 is 0. The van der Waals surface area contributed by atoms with Gasteiger partial charge in [-0.25, -0.2) is 12.8 Å². The van der Waals surface area contributed by atoms with Gasteiger partial charge in [0.15, 0.2) is 9.84 Å². The molecule has 0 heterocycles. The average Bonchev–Trinajstić information content (AvgIpc) is 3.26. The molecule has 3 rings (SSSR count). The molecule has 2 fully saturated rings. The van der Waals surface area contributed by atoms with E-state index in [-0.39, 0.29) is 29.1 Å². The Hall–Kier alpha value is -1.43. The molecule has 1 aromatic rings. The summed E-state index contributed by atoms with van der Waals surface area (Å²) in [6.45, 7) is 0. The van der Waals surface area contributed by atoms with Crippen molar-refractivity contribution in [2.24, 2.45) is 0 Å². The van der Waals surface area contributed by atoms with Gasteiger partial charge in [0.2, 0.25) is 5.91 Å². The summed E-state index contributed by atoms with van der Waals surface area (Å²) in [7, 11) is -3.19. The molecule has 0 radical (unpaired) electrons. The van der Waals surface area contributed by atoms with E-state index in [4.69, 9.17) is 0 Å². The zero-order valence-electron chi connectivity index (χ0n) is 14.5. The lowest BCUT2D eigenvalue weighted by Gasteiger charge is -2.31. The van der Waals surface area contributed by atoms with Gasteiger partial charge in [-0.1, -0.05) is 37.8 Å². The van der Waals surface area contributed by atoms with Gasteiger partial charge < -0.3 is 5.32 Å². The van der Waals surface area contributed by atoms with E-state index in [0.29, 0.717) is 0 Å². The molecule has 0 unspecified atom stereocenters. The Morgan fingerprint density at radius 1 is 1.08 bits per heavy atom. The SMILES string of the molecule is O=C(CCS(=O)(=O)C1CCCC1)NC1(c2ccc(F)cc2)CCCC1. The second-order valence-electron chi connectivity index (χ2n) is 7.37. The molecule has 25 heavy (non-hydrogen) atoms. The summed E-state index contributed by atoms with van der Waals surface area (Å²) in [6, 6.07) is 6.25. The molecule has 1 aromatic carbocycles. The summed E-state index contributed by atoms with van der Waals surface area (Å²) < 4.78 is 37.9. The number of sulfone groups is 1. The molecular formula is C19H26FNO3S. The minimum Gasteiger partial charge on any atom is -0.347 e. The van der Waals surface area contributed by atoms with Gasteiger partial charge in [-0.3, -0.25) is 4.79 Å². The van der Waals surface area contributed by atoms with E-state index < -0.39 is 15.4 Å². The highest BCUT2D eigenvalue weighted by molar-refractivity contribution is 7.92. The minimum absolute atomic E-state index is 0.00176. The first kappa shape index (κ1) is 18.4. The Morgan fingerprint density at radius 3 is 2.28 bits per heavy atom. The van der Waals surface area contributed by atoms with Gasteiger partial charge in [-0.2, -0.15) is 0 Å². The number of hydrogen-bond acceptors (Lipinski definition) is 3. The normalized spacial score (nSPS) is 20.7. The van der Waals surface area contributed by atoms with E-state index in [1.807, 2.05) is 0 Å². The van der Waals surface area contributed by atoms with Crippen molar-refractivity contribution in [3.8, 4) is 0 Å². The molecule has 0 spiro atoms. The molecule has 2 aliphatic carbocycles. The van der Waals surface area contributed by atoms with Crippen molar-refractivity contribution in [3.05, 3.63) is 35.6 Å². The second kappa shape index (κ2) is 7.44. The van der Waals surface area contributed by atoms with Crippen LogP contribution in [0.2, 0.25) is 0 Å². The summed E-state index contributed by atoms with van der Waals surface area (Å²) in [4.78, 5) is 12.5. The number of amides is 1. The monoisotopic (exact) mass is 367 g/mol. The maximum absolute atomic E-state index is 13.2. The van der Waals surface area contributed by atoms with Gasteiger partial charge in [0.25, 0.3) is 0 Å². The van der Waals surface area contributed by atoms with Crippen molar-refractivity contribution >= 4 is 15.7 Å². The fourth-order valence-corrected chi connectivity index (χ4v) is 6.07. The van der Waals surface area contributed by atoms with Crippen molar-refractivity contribution in [1.29, 1.82) is 0 Å². The lowest BCUT2D eigenvalue weighted by atomic mass is 9.88. The Labute approximate surface area is 149 Å². The molecule has 1 N–H and O–H groups in total. The quantitative estimate of drug-likeness (QED) is 0.837. The van der Waals surface area contributed by atoms with Crippen LogP contribution in [0.3, 0.4) is 0 Å². The van der Waals surface area contributed by atoms with Gasteiger partial charge >= 0.3 is 0 Å². The number of rotatable bonds is 6. The van der Waals surface area contributed by atoms with Crippen LogP contribution in [-0.4, -0.2) is 25.3 Å². The standard InChI is InChI=1S/C19H26FNO3S/c20-16-9-7-15(8-10-16)19(12-3-4-13-19)21-18(22)11-14-25(23,24)17-5-1-2-6-17/h7-10,17H,1-6,11-14H2,(H,21,22). The van der Waals surface area contributed by atoms with Crippen molar-refractivity contribution in [2.75, 3.05) is 5.75 Å². The topological polar surface area (TPSA) is 63.2 Å². The Balaban J connectivity index is 1.64. The van der Waals surface area contributed by atoms with Gasteiger partial charge in [0.1, 0.15) is 5.82 Å². The number of benzene rings is 1. The van der Waals surface area contributed by atoms with Crippen LogP contribution in [0, 0.1) is 5.82 Å². The molecule has 0 bridgehead atoms. The van der Waals surface area contributed by atoms with E-state index in [0.717, 1.165) is 56.9 Å². The fraction of sp³-hybridized carbons (Fsp3) is 0.632. The van der Waals surface area contributed by atoms with Gasteiger partial charge in [0.05, 0.1) is 16.5 Å². The van der Waals surface area contributed by atoms with Crippen molar-refractivity contribution in [1.82, 2.24) is 5.32 Å². The van der Waals surface area contributed by atoms with Crippen LogP contribution in [0.15, 0.2) is 24.3 Å². The molecule has 4 nitrogen and oxygen atoms in total. The molecule has 0 saturated heterocycles. The van der Waals surface area contributed by atoms with E-state index in [1.54, 1.807) is 12.1 Å². The van der Waals surface area contributed by atoms with E-state index in [1.165, 1.54) is 12.1 Å². The second-order valence-corrected chi connectivity index (χ2v) is 9.77. The van der Waals surface area contributed by atoms with Crippen LogP contribution in [0.4, 0.5) is 4.39 Å². The summed E-state index contributed by atoms with van der Waals surface area (Å²) in [5.41, 5.74) is 0.417. The van der Waals surface area contributed by atoms with Gasteiger partial charge in [-0.05, 0) is 43.4 Å². The smallest absolute Gasteiger partial charge is 0.221 e. The summed E-state index contributed by atoms with van der Waals surface area (Å²) in [5.74, 6) is -0.609. The number of hydrogen-bond donors (Lipinski definition) is 1. The van der Waals surface area contributed by atoms with Crippen LogP contribution >= 0.6 is 0 Å².